The predicted molar refractivity (Wildman–Crippen MR) is 139 cm³/mol. The van der Waals surface area contributed by atoms with E-state index in [1.54, 1.807) is 6.92 Å². The first kappa shape index (κ1) is 27.7. The summed E-state index contributed by atoms with van der Waals surface area (Å²) in [6.45, 7) is 1.28. The summed E-state index contributed by atoms with van der Waals surface area (Å²) in [4.78, 5) is 27.7. The van der Waals surface area contributed by atoms with E-state index in [-0.39, 0.29) is 23.0 Å². The zero-order valence-corrected chi connectivity index (χ0v) is 21.7. The second kappa shape index (κ2) is 12.4. The number of methoxy groups -OCH3 is 1. The lowest BCUT2D eigenvalue weighted by Gasteiger charge is -2.33. The maximum atomic E-state index is 13.7. The summed E-state index contributed by atoms with van der Waals surface area (Å²) in [5.41, 5.74) is 0.891. The third-order valence-corrected chi connectivity index (χ3v) is 7.66. The molecule has 0 aliphatic rings. The number of likely N-dealkylation sites (N-methyl/N-ethyl adjacent to an activating group) is 1. The SMILES string of the molecule is CC[C@H](C(=O)NC)N(Cc1ccccc1)C(=O)CN(c1ccc(F)cc1)S(=O)(=O)c1ccc(OC)cc1. The molecule has 10 heteroatoms. The van der Waals surface area contributed by atoms with Crippen LogP contribution < -0.4 is 14.4 Å². The molecule has 1 N–H and O–H groups in total. The number of hydrogen-bond donors (Lipinski definition) is 1. The van der Waals surface area contributed by atoms with Crippen LogP contribution in [0.2, 0.25) is 0 Å². The molecule has 196 valence electrons. The molecule has 0 heterocycles. The third-order valence-electron chi connectivity index (χ3n) is 5.87. The minimum absolute atomic E-state index is 0.0709. The van der Waals surface area contributed by atoms with Gasteiger partial charge in [0.2, 0.25) is 11.8 Å². The van der Waals surface area contributed by atoms with E-state index in [9.17, 15) is 22.4 Å². The van der Waals surface area contributed by atoms with Crippen molar-refractivity contribution in [2.75, 3.05) is 25.0 Å². The monoisotopic (exact) mass is 527 g/mol. The van der Waals surface area contributed by atoms with E-state index in [0.717, 1.165) is 22.0 Å². The van der Waals surface area contributed by atoms with Gasteiger partial charge in [-0.3, -0.25) is 13.9 Å². The van der Waals surface area contributed by atoms with E-state index in [4.69, 9.17) is 4.74 Å². The summed E-state index contributed by atoms with van der Waals surface area (Å²) in [5, 5.41) is 2.58. The smallest absolute Gasteiger partial charge is 0.264 e. The standard InChI is InChI=1S/C27H30FN3O5S/c1-4-25(27(33)29-2)30(18-20-8-6-5-7-9-20)26(32)19-31(22-12-10-21(28)11-13-22)37(34,35)24-16-14-23(36-3)15-17-24/h5-17,25H,4,18-19H2,1-3H3,(H,29,33)/t25-/m1/s1. The number of halogens is 1. The predicted octanol–water partition coefficient (Wildman–Crippen LogP) is 3.58. The van der Waals surface area contributed by atoms with Crippen LogP contribution in [-0.2, 0) is 26.2 Å². The van der Waals surface area contributed by atoms with Crippen molar-refractivity contribution in [2.45, 2.75) is 30.8 Å². The van der Waals surface area contributed by atoms with E-state index in [1.165, 1.54) is 55.5 Å². The van der Waals surface area contributed by atoms with Gasteiger partial charge >= 0.3 is 0 Å². The molecule has 3 aromatic carbocycles. The minimum atomic E-state index is -4.24. The van der Waals surface area contributed by atoms with Crippen LogP contribution in [0.3, 0.4) is 0 Å². The van der Waals surface area contributed by atoms with E-state index in [1.807, 2.05) is 30.3 Å². The quantitative estimate of drug-likeness (QED) is 0.411. The van der Waals surface area contributed by atoms with Gasteiger partial charge in [-0.25, -0.2) is 12.8 Å². The summed E-state index contributed by atoms with van der Waals surface area (Å²) in [7, 11) is -1.30. The highest BCUT2D eigenvalue weighted by Gasteiger charge is 2.33. The molecule has 1 atom stereocenters. The molecular weight excluding hydrogens is 497 g/mol. The molecule has 0 saturated heterocycles. The molecule has 2 amide bonds. The molecule has 3 aromatic rings. The molecule has 0 bridgehead atoms. The number of carbonyl (C=O) groups excluding carboxylic acids is 2. The summed E-state index contributed by atoms with van der Waals surface area (Å²) < 4.78 is 47.1. The van der Waals surface area contributed by atoms with E-state index in [0.29, 0.717) is 12.2 Å². The molecule has 3 rings (SSSR count). The first-order valence-electron chi connectivity index (χ1n) is 11.7. The maximum absolute atomic E-state index is 13.7. The van der Waals surface area contributed by atoms with Gasteiger partial charge in [0.25, 0.3) is 10.0 Å². The van der Waals surface area contributed by atoms with E-state index in [2.05, 4.69) is 5.32 Å². The summed E-state index contributed by atoms with van der Waals surface area (Å²) >= 11 is 0. The van der Waals surface area contributed by atoms with Crippen LogP contribution in [0.25, 0.3) is 0 Å². The molecule has 0 saturated carbocycles. The highest BCUT2D eigenvalue weighted by molar-refractivity contribution is 7.92. The Balaban J connectivity index is 2.04. The molecule has 8 nitrogen and oxygen atoms in total. The molecule has 0 fully saturated rings. The fraction of sp³-hybridized carbons (Fsp3) is 0.259. The largest absolute Gasteiger partial charge is 0.497 e. The number of ether oxygens (including phenoxy) is 1. The van der Waals surface area contributed by atoms with Gasteiger partial charge in [0, 0.05) is 13.6 Å². The summed E-state index contributed by atoms with van der Waals surface area (Å²) in [6.07, 6.45) is 0.319. The Hall–Kier alpha value is -3.92. The number of carbonyl (C=O) groups is 2. The number of benzene rings is 3. The van der Waals surface area contributed by atoms with Gasteiger partial charge in [-0.2, -0.15) is 0 Å². The fourth-order valence-electron chi connectivity index (χ4n) is 3.88. The van der Waals surface area contributed by atoms with Crippen molar-refractivity contribution >= 4 is 27.5 Å². The Morgan fingerprint density at radius 1 is 0.973 bits per heavy atom. The Labute approximate surface area is 216 Å². The Kier molecular flexibility index (Phi) is 9.24. The van der Waals surface area contributed by atoms with Crippen LogP contribution in [0, 0.1) is 5.82 Å². The van der Waals surface area contributed by atoms with Crippen LogP contribution >= 0.6 is 0 Å². The van der Waals surface area contributed by atoms with Crippen molar-refractivity contribution in [2.24, 2.45) is 0 Å². The normalized spacial score (nSPS) is 11.9. The van der Waals surface area contributed by atoms with Gasteiger partial charge in [-0.15, -0.1) is 0 Å². The zero-order chi connectivity index (χ0) is 27.0. The van der Waals surface area contributed by atoms with Crippen LogP contribution in [0.5, 0.6) is 5.75 Å². The van der Waals surface area contributed by atoms with Crippen molar-refractivity contribution in [3.8, 4) is 5.75 Å². The summed E-state index contributed by atoms with van der Waals surface area (Å²) in [5.74, 6) is -1.03. The maximum Gasteiger partial charge on any atom is 0.264 e. The van der Waals surface area contributed by atoms with Crippen molar-refractivity contribution in [3.05, 3.63) is 90.2 Å². The highest BCUT2D eigenvalue weighted by Crippen LogP contribution is 2.26. The van der Waals surface area contributed by atoms with Crippen LogP contribution in [0.1, 0.15) is 18.9 Å². The Morgan fingerprint density at radius 3 is 2.14 bits per heavy atom. The second-order valence-electron chi connectivity index (χ2n) is 8.21. The van der Waals surface area contributed by atoms with Gasteiger partial charge in [-0.05, 0) is 60.5 Å². The average molecular weight is 528 g/mol. The number of amides is 2. The van der Waals surface area contributed by atoms with E-state index >= 15 is 0 Å². The number of anilines is 1. The molecular formula is C27H30FN3O5S. The van der Waals surface area contributed by atoms with E-state index < -0.39 is 34.3 Å². The number of nitrogens with one attached hydrogen (secondary N) is 1. The van der Waals surface area contributed by atoms with Gasteiger partial charge < -0.3 is 15.0 Å². The van der Waals surface area contributed by atoms with Gasteiger partial charge in [-0.1, -0.05) is 37.3 Å². The minimum Gasteiger partial charge on any atom is -0.497 e. The second-order valence-corrected chi connectivity index (χ2v) is 10.1. The first-order valence-corrected chi connectivity index (χ1v) is 13.1. The highest BCUT2D eigenvalue weighted by atomic mass is 32.2. The van der Waals surface area contributed by atoms with Crippen molar-refractivity contribution in [3.63, 3.8) is 0 Å². The number of hydrogen-bond acceptors (Lipinski definition) is 5. The van der Waals surface area contributed by atoms with Gasteiger partial charge in [0.05, 0.1) is 17.7 Å². The van der Waals surface area contributed by atoms with Crippen molar-refractivity contribution in [1.29, 1.82) is 0 Å². The Morgan fingerprint density at radius 2 is 1.59 bits per heavy atom. The molecule has 0 aliphatic heterocycles. The van der Waals surface area contributed by atoms with Crippen molar-refractivity contribution in [1.82, 2.24) is 10.2 Å². The number of nitrogens with zero attached hydrogens (tertiary/aromatic N) is 2. The van der Waals surface area contributed by atoms with Crippen LogP contribution in [-0.4, -0.2) is 51.9 Å². The Bertz CT molecular complexity index is 1300. The lowest BCUT2D eigenvalue weighted by molar-refractivity contribution is -0.140. The lowest BCUT2D eigenvalue weighted by atomic mass is 10.1. The van der Waals surface area contributed by atoms with Gasteiger partial charge in [0.1, 0.15) is 24.2 Å². The molecule has 0 spiro atoms. The van der Waals surface area contributed by atoms with Crippen LogP contribution in [0.15, 0.2) is 83.8 Å². The van der Waals surface area contributed by atoms with Crippen molar-refractivity contribution < 1.29 is 27.1 Å². The number of rotatable bonds is 11. The average Bonchev–Trinajstić information content (AvgIpc) is 2.92. The zero-order valence-electron chi connectivity index (χ0n) is 20.9. The molecule has 0 radical (unpaired) electrons. The van der Waals surface area contributed by atoms with Crippen LogP contribution in [0.4, 0.5) is 10.1 Å². The first-order chi connectivity index (χ1) is 17.7. The molecule has 0 aromatic heterocycles. The topological polar surface area (TPSA) is 96.0 Å². The van der Waals surface area contributed by atoms with Gasteiger partial charge in [0.15, 0.2) is 0 Å². The summed E-state index contributed by atoms with van der Waals surface area (Å²) in [6, 6.07) is 18.9. The number of sulfonamides is 1. The molecule has 0 aliphatic carbocycles. The lowest BCUT2D eigenvalue weighted by Crippen LogP contribution is -2.51. The fourth-order valence-corrected chi connectivity index (χ4v) is 5.29. The molecule has 37 heavy (non-hydrogen) atoms. The molecule has 0 unspecified atom stereocenters. The third kappa shape index (κ3) is 6.65.